The maximum Gasteiger partial charge on any atom is 0.306 e. The van der Waals surface area contributed by atoms with Crippen LogP contribution in [-0.2, 0) is 28.5 Å². The smallest absolute Gasteiger partial charge is 0.306 e. The highest BCUT2D eigenvalue weighted by Gasteiger charge is 2.34. The molecule has 210 valence electrons. The number of ether oxygens (including phenoxy) is 4. The fourth-order valence-corrected chi connectivity index (χ4v) is 6.78. The van der Waals surface area contributed by atoms with Crippen LogP contribution in [0.15, 0.2) is 0 Å². The molecule has 1 amide bonds. The summed E-state index contributed by atoms with van der Waals surface area (Å²) in [7, 11) is 11.7. The molecule has 38 heavy (non-hydrogen) atoms. The van der Waals surface area contributed by atoms with E-state index in [-0.39, 0.29) is 30.8 Å². The monoisotopic (exact) mass is 546 g/mol. The number of nitrogens with one attached hydrogen (secondary N) is 1. The Kier molecular flexibility index (Phi) is 21.7. The van der Waals surface area contributed by atoms with Gasteiger partial charge in [-0.1, -0.05) is 37.8 Å². The van der Waals surface area contributed by atoms with Gasteiger partial charge in [0.2, 0.25) is 5.91 Å². The molecule has 6 radical (unpaired) electrons. The molecule has 1 aliphatic heterocycles. The van der Waals surface area contributed by atoms with Gasteiger partial charge in [-0.25, -0.2) is 0 Å². The van der Waals surface area contributed by atoms with Gasteiger partial charge in [0, 0.05) is 82.1 Å². The standard InChI is InChI=1S/C26H48BNO6P.B3/c1-35(2)21-11-24(12-22-35)34-26(30)10-9-25(29)28-14-6-16-32-18-20-33-19-17-31-15-5-13-27-23-7-3-4-8-23;1-3-2/h23-24H,3-22H2,1-2H3;/p+1. The zero-order chi connectivity index (χ0) is 27.9. The lowest BCUT2D eigenvalue weighted by molar-refractivity contribution is -0.150. The zero-order valence-electron chi connectivity index (χ0n) is 24.0. The fraction of sp³-hybridized carbons (Fsp3) is 0.923. The summed E-state index contributed by atoms with van der Waals surface area (Å²) in [6.07, 6.45) is 13.2. The van der Waals surface area contributed by atoms with E-state index in [4.69, 9.17) is 18.9 Å². The SMILES string of the molecule is C[P+]1(C)CCC(OC(=O)CCC(=O)NCCCOCCOCCOCCC[B]C2CCCC2)CC1.[B][B][B]. The van der Waals surface area contributed by atoms with E-state index in [1.807, 2.05) is 0 Å². The van der Waals surface area contributed by atoms with E-state index >= 15 is 0 Å². The summed E-state index contributed by atoms with van der Waals surface area (Å²) in [4.78, 5) is 23.9. The number of hydrogen-bond donors (Lipinski definition) is 1. The van der Waals surface area contributed by atoms with Crippen molar-refractivity contribution >= 4 is 49.0 Å². The first-order valence-corrected chi connectivity index (χ1v) is 17.5. The first kappa shape index (κ1) is 35.5. The van der Waals surface area contributed by atoms with Gasteiger partial charge < -0.3 is 24.3 Å². The van der Waals surface area contributed by atoms with E-state index in [9.17, 15) is 9.59 Å². The molecule has 2 rings (SSSR count). The van der Waals surface area contributed by atoms with Crippen molar-refractivity contribution in [2.24, 2.45) is 0 Å². The largest absolute Gasteiger partial charge is 0.462 e. The second-order valence-corrected chi connectivity index (χ2v) is 15.5. The molecule has 0 aromatic rings. The van der Waals surface area contributed by atoms with Crippen LogP contribution >= 0.6 is 7.26 Å². The van der Waals surface area contributed by atoms with Crippen molar-refractivity contribution in [2.45, 2.75) is 82.4 Å². The third-order valence-corrected chi connectivity index (χ3v) is 9.83. The Morgan fingerprint density at radius 3 is 2.00 bits per heavy atom. The number of amides is 1. The van der Waals surface area contributed by atoms with Crippen LogP contribution in [0, 0.1) is 0 Å². The molecule has 7 nitrogen and oxygen atoms in total. The molecule has 1 N–H and O–H groups in total. The summed E-state index contributed by atoms with van der Waals surface area (Å²) in [5.74, 6) is 0.484. The van der Waals surface area contributed by atoms with E-state index in [0.717, 1.165) is 51.5 Å². The van der Waals surface area contributed by atoms with Crippen molar-refractivity contribution in [3.8, 4) is 0 Å². The van der Waals surface area contributed by atoms with Gasteiger partial charge in [-0.15, -0.1) is 0 Å². The van der Waals surface area contributed by atoms with Crippen molar-refractivity contribution < 1.29 is 28.5 Å². The average Bonchev–Trinajstić information content (AvgIpc) is 3.40. The highest BCUT2D eigenvalue weighted by atomic mass is 31.2. The number of hydrogen-bond acceptors (Lipinski definition) is 6. The summed E-state index contributed by atoms with van der Waals surface area (Å²) < 4.78 is 22.2. The Labute approximate surface area is 237 Å². The quantitative estimate of drug-likeness (QED) is 0.116. The van der Waals surface area contributed by atoms with Gasteiger partial charge >= 0.3 is 5.97 Å². The lowest BCUT2D eigenvalue weighted by Gasteiger charge is -2.28. The van der Waals surface area contributed by atoms with Gasteiger partial charge in [-0.2, -0.15) is 0 Å². The van der Waals surface area contributed by atoms with Crippen molar-refractivity contribution in [3.63, 3.8) is 0 Å². The van der Waals surface area contributed by atoms with Crippen LogP contribution in [0.25, 0.3) is 0 Å². The van der Waals surface area contributed by atoms with Gasteiger partial charge in [0.1, 0.15) is 13.4 Å². The maximum atomic E-state index is 12.0. The Hall–Kier alpha value is -0.490. The number of rotatable bonds is 19. The predicted molar refractivity (Wildman–Crippen MR) is 162 cm³/mol. The number of carbonyl (C=O) groups is 2. The molecule has 1 heterocycles. The summed E-state index contributed by atoms with van der Waals surface area (Å²) in [6.45, 7) is 8.95. The summed E-state index contributed by atoms with van der Waals surface area (Å²) in [5.41, 5.74) is 0. The number of esters is 1. The van der Waals surface area contributed by atoms with Gasteiger partial charge in [-0.05, 0) is 12.8 Å². The first-order valence-electron chi connectivity index (χ1n) is 14.5. The second-order valence-electron chi connectivity index (χ2n) is 10.7. The second kappa shape index (κ2) is 23.2. The molecule has 12 heteroatoms. The van der Waals surface area contributed by atoms with E-state index in [0.29, 0.717) is 39.6 Å². The minimum absolute atomic E-state index is 0.0435. The molecular formula is C26H49B4NO6P+. The molecule has 0 bridgehead atoms. The highest BCUT2D eigenvalue weighted by molar-refractivity contribution is 7.74. The summed E-state index contributed by atoms with van der Waals surface area (Å²) in [6, 6.07) is 0. The molecule has 0 unspecified atom stereocenters. The third kappa shape index (κ3) is 20.4. The third-order valence-electron chi connectivity index (χ3n) is 6.89. The van der Waals surface area contributed by atoms with Gasteiger partial charge in [0.15, 0.2) is 0 Å². The van der Waals surface area contributed by atoms with E-state index in [1.165, 1.54) is 38.0 Å². The Balaban J connectivity index is 0.00000229. The van der Waals surface area contributed by atoms with Crippen molar-refractivity contribution in [2.75, 3.05) is 71.8 Å². The minimum Gasteiger partial charge on any atom is -0.462 e. The van der Waals surface area contributed by atoms with Crippen LogP contribution in [0.5, 0.6) is 0 Å². The molecule has 1 saturated carbocycles. The van der Waals surface area contributed by atoms with Crippen LogP contribution < -0.4 is 5.32 Å². The van der Waals surface area contributed by atoms with Crippen molar-refractivity contribution in [1.29, 1.82) is 0 Å². The van der Waals surface area contributed by atoms with Crippen LogP contribution in [0.3, 0.4) is 0 Å². The molecule has 1 saturated heterocycles. The fourth-order valence-electron chi connectivity index (χ4n) is 4.59. The highest BCUT2D eigenvalue weighted by Crippen LogP contribution is 2.55. The Morgan fingerprint density at radius 1 is 0.842 bits per heavy atom. The van der Waals surface area contributed by atoms with Crippen molar-refractivity contribution in [1.82, 2.24) is 5.32 Å². The van der Waals surface area contributed by atoms with Crippen molar-refractivity contribution in [3.05, 3.63) is 0 Å². The topological polar surface area (TPSA) is 83.1 Å². The number of carbonyl (C=O) groups excluding carboxylic acids is 2. The van der Waals surface area contributed by atoms with Gasteiger partial charge in [0.05, 0.1) is 45.2 Å². The molecule has 0 spiro atoms. The molecule has 0 aromatic heterocycles. The Morgan fingerprint density at radius 2 is 1.39 bits per heavy atom. The molecule has 2 aliphatic rings. The van der Waals surface area contributed by atoms with Crippen LogP contribution in [0.1, 0.15) is 64.2 Å². The molecule has 0 aromatic carbocycles. The molecular weight excluding hydrogens is 497 g/mol. The van der Waals surface area contributed by atoms with E-state index in [1.54, 1.807) is 0 Å². The first-order chi connectivity index (χ1) is 18.4. The van der Waals surface area contributed by atoms with Gasteiger partial charge in [-0.3, -0.25) is 9.59 Å². The summed E-state index contributed by atoms with van der Waals surface area (Å²) >= 11 is 0. The minimum atomic E-state index is -0.764. The van der Waals surface area contributed by atoms with Crippen LogP contribution in [-0.4, -0.2) is 120 Å². The summed E-state index contributed by atoms with van der Waals surface area (Å²) in [5, 5.41) is 2.84. The zero-order valence-corrected chi connectivity index (χ0v) is 24.9. The van der Waals surface area contributed by atoms with E-state index in [2.05, 4.69) is 41.4 Å². The molecule has 2 fully saturated rings. The lowest BCUT2D eigenvalue weighted by Crippen LogP contribution is -2.28. The normalized spacial score (nSPS) is 17.3. The average molecular weight is 546 g/mol. The maximum absolute atomic E-state index is 12.0. The Bertz CT molecular complexity index is 604. The van der Waals surface area contributed by atoms with Crippen LogP contribution in [0.2, 0.25) is 12.1 Å². The van der Waals surface area contributed by atoms with E-state index < -0.39 is 7.26 Å². The van der Waals surface area contributed by atoms with Gasteiger partial charge in [0.25, 0.3) is 0 Å². The molecule has 0 atom stereocenters. The lowest BCUT2D eigenvalue weighted by atomic mass is 9.40. The van der Waals surface area contributed by atoms with Crippen LogP contribution in [0.4, 0.5) is 0 Å². The molecule has 1 aliphatic carbocycles. The predicted octanol–water partition coefficient (Wildman–Crippen LogP) is 3.04.